The number of nitrogens with one attached hydrogen (secondary N) is 1. The average molecular weight is 120 g/mol. The molecule has 0 bridgehead atoms. The molecular weight excluding hydrogens is 105 g/mol. The van der Waals surface area contributed by atoms with E-state index in [1.807, 2.05) is 0 Å². The van der Waals surface area contributed by atoms with Crippen molar-refractivity contribution in [3.05, 3.63) is 0 Å². The summed E-state index contributed by atoms with van der Waals surface area (Å²) in [5.74, 6) is 0. The fourth-order valence-corrected chi connectivity index (χ4v) is 1.16. The Bertz CT molecular complexity index is 32.9. The van der Waals surface area contributed by atoms with Gasteiger partial charge in [-0.15, -0.1) is 0 Å². The molecule has 2 heteroatoms. The summed E-state index contributed by atoms with van der Waals surface area (Å²) in [6.07, 6.45) is 7.11. The van der Waals surface area contributed by atoms with Crippen molar-refractivity contribution in [3.63, 3.8) is 0 Å². The van der Waals surface area contributed by atoms with Gasteiger partial charge < -0.3 is 5.32 Å². The van der Waals surface area contributed by atoms with Gasteiger partial charge in [0.25, 0.3) is 0 Å². The molecule has 0 aromatic heterocycles. The Kier molecular flexibility index (Phi) is 7.09. The molecule has 0 radical (unpaired) electrons. The molecule has 0 spiro atoms. The topological polar surface area (TPSA) is 12.0 Å². The Morgan fingerprint density at radius 2 is 1.11 bits per heavy atom. The molecule has 0 aromatic rings. The molecule has 0 unspecified atom stereocenters. The van der Waals surface area contributed by atoms with Gasteiger partial charge in [-0.25, -0.2) is 0 Å². The van der Waals surface area contributed by atoms with Crippen LogP contribution >= 0.6 is 0 Å². The van der Waals surface area contributed by atoms with Crippen molar-refractivity contribution in [1.29, 1.82) is 0 Å². The van der Waals surface area contributed by atoms with Crippen LogP contribution in [-0.2, 0) is 0 Å². The van der Waals surface area contributed by atoms with Gasteiger partial charge in [0.05, 0.1) is 0 Å². The van der Waals surface area contributed by atoms with E-state index >= 15 is 0 Å². The summed E-state index contributed by atoms with van der Waals surface area (Å²) in [5, 5.41) is 3.39. The van der Waals surface area contributed by atoms with E-state index in [-0.39, 0.29) is 18.9 Å². The van der Waals surface area contributed by atoms with Crippen molar-refractivity contribution in [2.45, 2.75) is 32.1 Å². The molecule has 1 heterocycles. The van der Waals surface area contributed by atoms with Gasteiger partial charge in [0.1, 0.15) is 0 Å². The maximum atomic E-state index is 3.39. The minimum Gasteiger partial charge on any atom is -0.317 e. The standard InChI is InChI=1S/C7H15N.Li/c1-2-4-6-8-7-5-3-1;/h8H,1-7H2;/q;+1. The Morgan fingerprint density at radius 1 is 0.667 bits per heavy atom. The largest absolute Gasteiger partial charge is 1.00 e. The van der Waals surface area contributed by atoms with E-state index in [4.69, 9.17) is 0 Å². The maximum absolute atomic E-state index is 3.39. The predicted octanol–water partition coefficient (Wildman–Crippen LogP) is -1.46. The zero-order valence-electron chi connectivity index (χ0n) is 6.45. The van der Waals surface area contributed by atoms with Crippen molar-refractivity contribution in [2.24, 2.45) is 0 Å². The summed E-state index contributed by atoms with van der Waals surface area (Å²) in [7, 11) is 0. The maximum Gasteiger partial charge on any atom is 1.00 e. The zero-order valence-corrected chi connectivity index (χ0v) is 6.45. The van der Waals surface area contributed by atoms with Crippen LogP contribution in [0, 0.1) is 0 Å². The molecule has 9 heavy (non-hydrogen) atoms. The van der Waals surface area contributed by atoms with Crippen LogP contribution in [0.15, 0.2) is 0 Å². The SMILES string of the molecule is C1CCCNCCC1.[Li+]. The average Bonchev–Trinajstić information content (AvgIpc) is 1.62. The molecule has 1 rings (SSSR count). The van der Waals surface area contributed by atoms with Gasteiger partial charge in [-0.3, -0.25) is 0 Å². The van der Waals surface area contributed by atoms with E-state index < -0.39 is 0 Å². The second kappa shape index (κ2) is 6.67. The van der Waals surface area contributed by atoms with Gasteiger partial charge in [-0.1, -0.05) is 19.3 Å². The second-order valence-corrected chi connectivity index (χ2v) is 2.52. The summed E-state index contributed by atoms with van der Waals surface area (Å²) in [6.45, 7) is 2.50. The Morgan fingerprint density at radius 3 is 1.67 bits per heavy atom. The molecule has 0 aromatic carbocycles. The minimum atomic E-state index is 0. The van der Waals surface area contributed by atoms with Crippen molar-refractivity contribution < 1.29 is 18.9 Å². The van der Waals surface area contributed by atoms with Gasteiger partial charge in [0, 0.05) is 0 Å². The molecule has 0 atom stereocenters. The van der Waals surface area contributed by atoms with Crippen molar-refractivity contribution in [3.8, 4) is 0 Å². The fourth-order valence-electron chi connectivity index (χ4n) is 1.16. The first kappa shape index (κ1) is 9.56. The van der Waals surface area contributed by atoms with Gasteiger partial charge in [0.2, 0.25) is 0 Å². The van der Waals surface area contributed by atoms with Crippen LogP contribution in [0.2, 0.25) is 0 Å². The summed E-state index contributed by atoms with van der Waals surface area (Å²) in [4.78, 5) is 0. The van der Waals surface area contributed by atoms with Gasteiger partial charge in [0.15, 0.2) is 0 Å². The van der Waals surface area contributed by atoms with Crippen LogP contribution in [0.4, 0.5) is 0 Å². The first-order valence-electron chi connectivity index (χ1n) is 3.71. The Labute approximate surface area is 69.8 Å². The number of rotatable bonds is 0. The molecule has 0 aliphatic carbocycles. The quantitative estimate of drug-likeness (QED) is 0.385. The first-order valence-corrected chi connectivity index (χ1v) is 3.71. The van der Waals surface area contributed by atoms with Crippen molar-refractivity contribution in [2.75, 3.05) is 13.1 Å². The number of hydrogen-bond donors (Lipinski definition) is 1. The molecule has 1 nitrogen and oxygen atoms in total. The summed E-state index contributed by atoms with van der Waals surface area (Å²) in [5.41, 5.74) is 0. The van der Waals surface area contributed by atoms with Crippen LogP contribution in [0.1, 0.15) is 32.1 Å². The van der Waals surface area contributed by atoms with Crippen LogP contribution in [0.25, 0.3) is 0 Å². The molecule has 1 aliphatic rings. The van der Waals surface area contributed by atoms with Crippen molar-refractivity contribution in [1.82, 2.24) is 5.32 Å². The predicted molar refractivity (Wildman–Crippen MR) is 36.0 cm³/mol. The molecule has 0 saturated carbocycles. The molecule has 1 aliphatic heterocycles. The molecule has 1 fully saturated rings. The number of hydrogen-bond acceptors (Lipinski definition) is 1. The van der Waals surface area contributed by atoms with E-state index in [1.54, 1.807) is 0 Å². The van der Waals surface area contributed by atoms with E-state index in [9.17, 15) is 0 Å². The fraction of sp³-hybridized carbons (Fsp3) is 1.00. The van der Waals surface area contributed by atoms with Crippen LogP contribution in [-0.4, -0.2) is 13.1 Å². The molecular formula is C7H15LiN+. The van der Waals surface area contributed by atoms with Crippen LogP contribution < -0.4 is 24.2 Å². The monoisotopic (exact) mass is 120 g/mol. The van der Waals surface area contributed by atoms with Gasteiger partial charge in [-0.2, -0.15) is 0 Å². The van der Waals surface area contributed by atoms with E-state index in [0.717, 1.165) is 0 Å². The van der Waals surface area contributed by atoms with Gasteiger partial charge in [-0.05, 0) is 25.9 Å². The molecule has 0 amide bonds. The third kappa shape index (κ3) is 5.02. The minimum absolute atomic E-state index is 0. The summed E-state index contributed by atoms with van der Waals surface area (Å²) in [6, 6.07) is 0. The zero-order chi connectivity index (χ0) is 5.66. The first-order chi connectivity index (χ1) is 4.00. The molecule has 1 N–H and O–H groups in total. The second-order valence-electron chi connectivity index (χ2n) is 2.52. The van der Waals surface area contributed by atoms with Crippen LogP contribution in [0.3, 0.4) is 0 Å². The Hall–Kier alpha value is 0.557. The van der Waals surface area contributed by atoms with Crippen molar-refractivity contribution >= 4 is 0 Å². The summed E-state index contributed by atoms with van der Waals surface area (Å²) < 4.78 is 0. The third-order valence-corrected chi connectivity index (χ3v) is 1.71. The van der Waals surface area contributed by atoms with E-state index in [2.05, 4.69) is 5.32 Å². The molecule has 1 saturated heterocycles. The summed E-state index contributed by atoms with van der Waals surface area (Å²) >= 11 is 0. The third-order valence-electron chi connectivity index (χ3n) is 1.71. The smallest absolute Gasteiger partial charge is 0.317 e. The van der Waals surface area contributed by atoms with E-state index in [1.165, 1.54) is 45.2 Å². The van der Waals surface area contributed by atoms with Gasteiger partial charge >= 0.3 is 18.9 Å². The van der Waals surface area contributed by atoms with E-state index in [0.29, 0.717) is 0 Å². The van der Waals surface area contributed by atoms with Crippen LogP contribution in [0.5, 0.6) is 0 Å². The normalized spacial score (nSPS) is 21.3. The molecule has 48 valence electrons. The Balaban J connectivity index is 0.000000640.